The van der Waals surface area contributed by atoms with Crippen molar-refractivity contribution in [2.75, 3.05) is 18.0 Å². The van der Waals surface area contributed by atoms with Gasteiger partial charge in [-0.25, -0.2) is 4.79 Å². The zero-order valence-electron chi connectivity index (χ0n) is 13.0. The fourth-order valence-corrected chi connectivity index (χ4v) is 2.46. The van der Waals surface area contributed by atoms with Crippen LogP contribution in [0.3, 0.4) is 0 Å². The molecule has 0 bridgehead atoms. The van der Waals surface area contributed by atoms with Gasteiger partial charge in [-0.3, -0.25) is 10.1 Å². The fourth-order valence-electron chi connectivity index (χ4n) is 2.46. The maximum atomic E-state index is 11.8. The largest absolute Gasteiger partial charge is 0.444 e. The summed E-state index contributed by atoms with van der Waals surface area (Å²) in [6.07, 6.45) is 0.271. The highest BCUT2D eigenvalue weighted by molar-refractivity contribution is 5.69. The molecule has 1 aromatic rings. The number of nitrogens with one attached hydrogen (secondary N) is 1. The molecule has 1 amide bonds. The normalized spacial score (nSPS) is 18.1. The summed E-state index contributed by atoms with van der Waals surface area (Å²) in [7, 11) is 0. The molecule has 1 heterocycles. The molecule has 7 heteroatoms. The molecule has 7 nitrogen and oxygen atoms in total. The van der Waals surface area contributed by atoms with Crippen molar-refractivity contribution in [1.29, 1.82) is 0 Å². The van der Waals surface area contributed by atoms with E-state index in [1.165, 1.54) is 6.07 Å². The summed E-state index contributed by atoms with van der Waals surface area (Å²) in [5.74, 6) is 0. The lowest BCUT2D eigenvalue weighted by atomic mass is 10.2. The lowest BCUT2D eigenvalue weighted by Gasteiger charge is -2.22. The van der Waals surface area contributed by atoms with Crippen molar-refractivity contribution in [1.82, 2.24) is 5.32 Å². The Morgan fingerprint density at radius 3 is 2.73 bits per heavy atom. The Labute approximate surface area is 129 Å². The highest BCUT2D eigenvalue weighted by Gasteiger charge is 2.29. The Kier molecular flexibility index (Phi) is 4.54. The van der Waals surface area contributed by atoms with Crippen LogP contribution in [0.1, 0.15) is 27.2 Å². The van der Waals surface area contributed by atoms with Crippen LogP contribution in [0.2, 0.25) is 0 Å². The van der Waals surface area contributed by atoms with E-state index in [1.54, 1.807) is 39.0 Å². The smallest absolute Gasteiger partial charge is 0.407 e. The van der Waals surface area contributed by atoms with Crippen molar-refractivity contribution < 1.29 is 14.5 Å². The quantitative estimate of drug-likeness (QED) is 0.685. The number of rotatable bonds is 3. The standard InChI is InChI=1S/C15H21N3O4/c1-15(2,3)22-14(19)16-11-8-9-17(10-11)12-6-4-5-7-13(12)18(20)21/h4-7,11H,8-10H2,1-3H3,(H,16,19)/t11-/m1/s1. The number of nitrogens with zero attached hydrogens (tertiary/aromatic N) is 2. The molecule has 22 heavy (non-hydrogen) atoms. The maximum absolute atomic E-state index is 11.8. The number of anilines is 1. The van der Waals surface area contributed by atoms with Gasteiger partial charge in [-0.2, -0.15) is 0 Å². The molecule has 1 atom stereocenters. The second-order valence-electron chi connectivity index (χ2n) is 6.32. The van der Waals surface area contributed by atoms with Gasteiger partial charge in [0.1, 0.15) is 11.3 Å². The number of amides is 1. The zero-order valence-corrected chi connectivity index (χ0v) is 13.0. The second kappa shape index (κ2) is 6.21. The van der Waals surface area contributed by atoms with Gasteiger partial charge in [0.15, 0.2) is 0 Å². The monoisotopic (exact) mass is 307 g/mol. The van der Waals surface area contributed by atoms with Crippen molar-refractivity contribution in [3.63, 3.8) is 0 Å². The molecule has 1 aliphatic rings. The van der Waals surface area contributed by atoms with Crippen LogP contribution in [0.5, 0.6) is 0 Å². The summed E-state index contributed by atoms with van der Waals surface area (Å²) in [4.78, 5) is 24.4. The minimum Gasteiger partial charge on any atom is -0.444 e. The topological polar surface area (TPSA) is 84.7 Å². The third-order valence-corrected chi connectivity index (χ3v) is 3.33. The van der Waals surface area contributed by atoms with E-state index < -0.39 is 11.7 Å². The van der Waals surface area contributed by atoms with Crippen LogP contribution in [0, 0.1) is 10.1 Å². The van der Waals surface area contributed by atoms with Gasteiger partial charge in [0.05, 0.1) is 11.0 Å². The Balaban J connectivity index is 1.99. The molecule has 1 N–H and O–H groups in total. The Morgan fingerprint density at radius 2 is 2.09 bits per heavy atom. The van der Waals surface area contributed by atoms with Crippen LogP contribution < -0.4 is 10.2 Å². The number of para-hydroxylation sites is 2. The first kappa shape index (κ1) is 16.1. The number of hydrogen-bond donors (Lipinski definition) is 1. The van der Waals surface area contributed by atoms with E-state index in [0.29, 0.717) is 18.8 Å². The Bertz CT molecular complexity index is 568. The van der Waals surface area contributed by atoms with Crippen molar-refractivity contribution >= 4 is 17.5 Å². The molecule has 1 fully saturated rings. The van der Waals surface area contributed by atoms with E-state index in [2.05, 4.69) is 5.32 Å². The number of benzene rings is 1. The number of alkyl carbamates (subject to hydrolysis) is 1. The minimum absolute atomic E-state index is 0.0744. The van der Waals surface area contributed by atoms with Gasteiger partial charge in [-0.05, 0) is 33.3 Å². The van der Waals surface area contributed by atoms with Crippen molar-refractivity contribution in [3.8, 4) is 0 Å². The van der Waals surface area contributed by atoms with E-state index in [4.69, 9.17) is 4.74 Å². The van der Waals surface area contributed by atoms with Crippen molar-refractivity contribution in [3.05, 3.63) is 34.4 Å². The first-order valence-electron chi connectivity index (χ1n) is 7.24. The van der Waals surface area contributed by atoms with Crippen LogP contribution in [0.4, 0.5) is 16.2 Å². The number of carbonyl (C=O) groups excluding carboxylic acids is 1. The van der Waals surface area contributed by atoms with Gasteiger partial charge in [-0.15, -0.1) is 0 Å². The van der Waals surface area contributed by atoms with E-state index >= 15 is 0 Å². The summed E-state index contributed by atoms with van der Waals surface area (Å²) in [6, 6.07) is 6.57. The third kappa shape index (κ3) is 4.09. The highest BCUT2D eigenvalue weighted by atomic mass is 16.6. The molecule has 0 aliphatic carbocycles. The van der Waals surface area contributed by atoms with Crippen LogP contribution >= 0.6 is 0 Å². The van der Waals surface area contributed by atoms with Crippen LogP contribution in [0.15, 0.2) is 24.3 Å². The molecular weight excluding hydrogens is 286 g/mol. The summed E-state index contributed by atoms with van der Waals surface area (Å²) < 4.78 is 5.23. The molecule has 0 radical (unpaired) electrons. The predicted molar refractivity (Wildman–Crippen MR) is 83.1 cm³/mol. The van der Waals surface area contributed by atoms with E-state index in [-0.39, 0.29) is 16.7 Å². The molecule has 1 saturated heterocycles. The van der Waals surface area contributed by atoms with Crippen LogP contribution in [-0.4, -0.2) is 35.7 Å². The molecule has 0 unspecified atom stereocenters. The minimum atomic E-state index is -0.541. The lowest BCUT2D eigenvalue weighted by molar-refractivity contribution is -0.384. The number of ether oxygens (including phenoxy) is 1. The van der Waals surface area contributed by atoms with E-state index in [9.17, 15) is 14.9 Å². The van der Waals surface area contributed by atoms with Gasteiger partial charge in [0, 0.05) is 19.2 Å². The summed E-state index contributed by atoms with van der Waals surface area (Å²) >= 11 is 0. The lowest BCUT2D eigenvalue weighted by Crippen LogP contribution is -2.40. The molecule has 1 aromatic carbocycles. The van der Waals surface area contributed by atoms with Gasteiger partial charge in [-0.1, -0.05) is 12.1 Å². The Morgan fingerprint density at radius 1 is 1.41 bits per heavy atom. The van der Waals surface area contributed by atoms with Gasteiger partial charge in [0.2, 0.25) is 0 Å². The first-order chi connectivity index (χ1) is 10.3. The average molecular weight is 307 g/mol. The molecule has 1 aliphatic heterocycles. The van der Waals surface area contributed by atoms with Crippen LogP contribution in [-0.2, 0) is 4.74 Å². The van der Waals surface area contributed by atoms with E-state index in [1.807, 2.05) is 4.90 Å². The van der Waals surface area contributed by atoms with Gasteiger partial charge in [0.25, 0.3) is 5.69 Å². The van der Waals surface area contributed by atoms with Crippen LogP contribution in [0.25, 0.3) is 0 Å². The van der Waals surface area contributed by atoms with E-state index in [0.717, 1.165) is 6.42 Å². The number of hydrogen-bond acceptors (Lipinski definition) is 5. The second-order valence-corrected chi connectivity index (χ2v) is 6.32. The van der Waals surface area contributed by atoms with Crippen molar-refractivity contribution in [2.24, 2.45) is 0 Å². The maximum Gasteiger partial charge on any atom is 0.407 e. The summed E-state index contributed by atoms with van der Waals surface area (Å²) in [6.45, 7) is 6.61. The number of nitro groups is 1. The fraction of sp³-hybridized carbons (Fsp3) is 0.533. The van der Waals surface area contributed by atoms with Gasteiger partial charge < -0.3 is 15.0 Å². The predicted octanol–water partition coefficient (Wildman–Crippen LogP) is 2.70. The summed E-state index contributed by atoms with van der Waals surface area (Å²) in [5.41, 5.74) is 0.127. The van der Waals surface area contributed by atoms with Crippen molar-refractivity contribution in [2.45, 2.75) is 38.8 Å². The van der Waals surface area contributed by atoms with Gasteiger partial charge >= 0.3 is 6.09 Å². The summed E-state index contributed by atoms with van der Waals surface area (Å²) in [5, 5.41) is 13.9. The molecule has 0 saturated carbocycles. The highest BCUT2D eigenvalue weighted by Crippen LogP contribution is 2.30. The molecule has 0 spiro atoms. The number of nitro benzene ring substituents is 1. The SMILES string of the molecule is CC(C)(C)OC(=O)N[C@@H]1CCN(c2ccccc2[N+](=O)[O-])C1. The molecule has 0 aromatic heterocycles. The average Bonchev–Trinajstić information content (AvgIpc) is 2.84. The molecule has 2 rings (SSSR count). The first-order valence-corrected chi connectivity index (χ1v) is 7.24. The molecular formula is C15H21N3O4. The third-order valence-electron chi connectivity index (χ3n) is 3.33. The molecule has 120 valence electrons. The zero-order chi connectivity index (χ0) is 16.3. The number of carbonyl (C=O) groups is 1. The Hall–Kier alpha value is -2.31.